The highest BCUT2D eigenvalue weighted by molar-refractivity contribution is 14.0. The molecule has 29 heavy (non-hydrogen) atoms. The van der Waals surface area contributed by atoms with Gasteiger partial charge in [-0.05, 0) is 42.7 Å². The minimum Gasteiger partial charge on any atom is -0.357 e. The third-order valence-electron chi connectivity index (χ3n) is 6.13. The first-order valence-corrected chi connectivity index (χ1v) is 12.3. The largest absolute Gasteiger partial charge is 0.357 e. The van der Waals surface area contributed by atoms with Crippen LogP contribution in [0.4, 0.5) is 0 Å². The first-order chi connectivity index (χ1) is 13.1. The second-order valence-corrected chi connectivity index (χ2v) is 11.6. The molecule has 164 valence electrons. The van der Waals surface area contributed by atoms with Crippen molar-refractivity contribution in [2.45, 2.75) is 70.3 Å². The highest BCUT2D eigenvalue weighted by Gasteiger charge is 2.39. The molecule has 1 unspecified atom stereocenters. The molecule has 1 aliphatic heterocycles. The molecule has 1 aliphatic carbocycles. The second kappa shape index (κ2) is 9.54. The van der Waals surface area contributed by atoms with Crippen molar-refractivity contribution >= 4 is 39.8 Å². The van der Waals surface area contributed by atoms with Crippen molar-refractivity contribution < 1.29 is 8.42 Å². The van der Waals surface area contributed by atoms with Gasteiger partial charge in [0.1, 0.15) is 0 Å². The molecule has 1 aromatic carbocycles. The van der Waals surface area contributed by atoms with Crippen LogP contribution in [0.25, 0.3) is 0 Å². The summed E-state index contributed by atoms with van der Waals surface area (Å²) in [5.41, 5.74) is 3.00. The highest BCUT2D eigenvalue weighted by atomic mass is 127. The fourth-order valence-corrected chi connectivity index (χ4v) is 5.79. The molecule has 3 rings (SSSR count). The molecule has 0 amide bonds. The van der Waals surface area contributed by atoms with E-state index in [1.807, 2.05) is 6.92 Å². The van der Waals surface area contributed by atoms with Gasteiger partial charge in [-0.3, -0.25) is 4.99 Å². The van der Waals surface area contributed by atoms with E-state index >= 15 is 0 Å². The molecule has 1 saturated carbocycles. The molecule has 1 aromatic rings. The van der Waals surface area contributed by atoms with Crippen molar-refractivity contribution in [2.75, 3.05) is 24.6 Å². The lowest BCUT2D eigenvalue weighted by Crippen LogP contribution is -2.45. The summed E-state index contributed by atoms with van der Waals surface area (Å²) in [7, 11) is -2.90. The minimum absolute atomic E-state index is 0. The number of hydrogen-bond donors (Lipinski definition) is 2. The van der Waals surface area contributed by atoms with Gasteiger partial charge in [0.25, 0.3) is 0 Å². The zero-order valence-corrected chi connectivity index (χ0v) is 21.3. The lowest BCUT2D eigenvalue weighted by Gasteiger charge is -2.41. The summed E-state index contributed by atoms with van der Waals surface area (Å²) in [6, 6.07) is 9.03. The Balaban J connectivity index is 0.00000300. The van der Waals surface area contributed by atoms with E-state index in [-0.39, 0.29) is 52.4 Å². The maximum atomic E-state index is 11.7. The number of halogens is 1. The summed E-state index contributed by atoms with van der Waals surface area (Å²) < 4.78 is 23.5. The van der Waals surface area contributed by atoms with Crippen LogP contribution in [0.5, 0.6) is 0 Å². The predicted molar refractivity (Wildman–Crippen MR) is 132 cm³/mol. The molecule has 0 aromatic heterocycles. The van der Waals surface area contributed by atoms with Crippen LogP contribution in [-0.2, 0) is 20.7 Å². The first-order valence-electron chi connectivity index (χ1n) is 10.5. The van der Waals surface area contributed by atoms with Crippen molar-refractivity contribution in [3.05, 3.63) is 35.4 Å². The molecule has 1 saturated heterocycles. The van der Waals surface area contributed by atoms with Gasteiger partial charge in [0.15, 0.2) is 15.8 Å². The maximum absolute atomic E-state index is 11.7. The SMILES string of the molecule is CCNC(=NCC1(c2ccc(C(C)(C)C)cc2)CCC1)NC1CCS(=O)(=O)C1.I. The average Bonchev–Trinajstić information content (AvgIpc) is 2.92. The summed E-state index contributed by atoms with van der Waals surface area (Å²) in [6.45, 7) is 10.2. The smallest absolute Gasteiger partial charge is 0.191 e. The molecule has 2 N–H and O–H groups in total. The standard InChI is InChI=1S/C22H35N3O2S.HI/c1-5-23-20(25-19-11-14-28(26,27)15-19)24-16-22(12-6-13-22)18-9-7-17(8-10-18)21(2,3)4;/h7-10,19H,5-6,11-16H2,1-4H3,(H2,23,24,25);1H. The summed E-state index contributed by atoms with van der Waals surface area (Å²) in [6.07, 6.45) is 4.21. The number of benzene rings is 1. The normalized spacial score (nSPS) is 23.0. The van der Waals surface area contributed by atoms with E-state index in [9.17, 15) is 8.42 Å². The molecular formula is C22H36IN3O2S. The van der Waals surface area contributed by atoms with Crippen LogP contribution in [-0.4, -0.2) is 45.0 Å². The zero-order chi connectivity index (χ0) is 20.4. The van der Waals surface area contributed by atoms with E-state index in [4.69, 9.17) is 4.99 Å². The van der Waals surface area contributed by atoms with Gasteiger partial charge in [-0.2, -0.15) is 0 Å². The van der Waals surface area contributed by atoms with Gasteiger partial charge in [0.05, 0.1) is 18.1 Å². The van der Waals surface area contributed by atoms with Gasteiger partial charge in [-0.15, -0.1) is 24.0 Å². The third-order valence-corrected chi connectivity index (χ3v) is 7.90. The van der Waals surface area contributed by atoms with Gasteiger partial charge in [-0.1, -0.05) is 51.5 Å². The molecule has 0 radical (unpaired) electrons. The van der Waals surface area contributed by atoms with Crippen LogP contribution in [0.2, 0.25) is 0 Å². The fourth-order valence-electron chi connectivity index (χ4n) is 4.12. The van der Waals surface area contributed by atoms with Crippen LogP contribution in [0, 0.1) is 0 Å². The molecule has 7 heteroatoms. The molecule has 1 atom stereocenters. The van der Waals surface area contributed by atoms with E-state index in [0.717, 1.165) is 31.9 Å². The Bertz CT molecular complexity index is 809. The van der Waals surface area contributed by atoms with Crippen molar-refractivity contribution in [3.8, 4) is 0 Å². The maximum Gasteiger partial charge on any atom is 0.191 e. The first kappa shape index (κ1) is 24.4. The molecule has 1 heterocycles. The fraction of sp³-hybridized carbons (Fsp3) is 0.682. The van der Waals surface area contributed by atoms with Crippen LogP contribution < -0.4 is 10.6 Å². The zero-order valence-electron chi connectivity index (χ0n) is 18.1. The quantitative estimate of drug-likeness (QED) is 0.344. The number of hydrogen-bond acceptors (Lipinski definition) is 3. The van der Waals surface area contributed by atoms with Crippen molar-refractivity contribution in [1.29, 1.82) is 0 Å². The summed E-state index contributed by atoms with van der Waals surface area (Å²) >= 11 is 0. The van der Waals surface area contributed by atoms with Crippen LogP contribution in [0.1, 0.15) is 64.5 Å². The number of nitrogens with zero attached hydrogens (tertiary/aromatic N) is 1. The predicted octanol–water partition coefficient (Wildman–Crippen LogP) is 3.77. The summed E-state index contributed by atoms with van der Waals surface area (Å²) in [5, 5.41) is 6.62. The number of guanidine groups is 1. The van der Waals surface area contributed by atoms with Gasteiger partial charge >= 0.3 is 0 Å². The van der Waals surface area contributed by atoms with Crippen molar-refractivity contribution in [1.82, 2.24) is 10.6 Å². The number of aliphatic imine (C=N–C) groups is 1. The van der Waals surface area contributed by atoms with E-state index in [1.165, 1.54) is 17.5 Å². The summed E-state index contributed by atoms with van der Waals surface area (Å²) in [5.74, 6) is 1.22. The number of sulfone groups is 1. The van der Waals surface area contributed by atoms with E-state index in [1.54, 1.807) is 0 Å². The second-order valence-electron chi connectivity index (χ2n) is 9.40. The van der Waals surface area contributed by atoms with Crippen LogP contribution in [0.15, 0.2) is 29.3 Å². The Kier molecular flexibility index (Phi) is 8.04. The van der Waals surface area contributed by atoms with E-state index in [0.29, 0.717) is 6.42 Å². The Morgan fingerprint density at radius 3 is 2.31 bits per heavy atom. The van der Waals surface area contributed by atoms with Crippen molar-refractivity contribution in [2.24, 2.45) is 4.99 Å². The monoisotopic (exact) mass is 533 g/mol. The number of rotatable bonds is 5. The Labute approximate surface area is 193 Å². The third kappa shape index (κ3) is 6.09. The molecular weight excluding hydrogens is 497 g/mol. The van der Waals surface area contributed by atoms with Crippen molar-refractivity contribution in [3.63, 3.8) is 0 Å². The molecule has 2 aliphatic rings. The Morgan fingerprint density at radius 1 is 1.21 bits per heavy atom. The number of nitrogens with one attached hydrogen (secondary N) is 2. The molecule has 0 spiro atoms. The minimum atomic E-state index is -2.90. The van der Waals surface area contributed by atoms with Crippen LogP contribution in [0.3, 0.4) is 0 Å². The summed E-state index contributed by atoms with van der Waals surface area (Å²) in [4.78, 5) is 4.87. The molecule has 2 fully saturated rings. The molecule has 0 bridgehead atoms. The molecule has 5 nitrogen and oxygen atoms in total. The lowest BCUT2D eigenvalue weighted by atomic mass is 9.64. The average molecular weight is 534 g/mol. The van der Waals surface area contributed by atoms with E-state index < -0.39 is 9.84 Å². The van der Waals surface area contributed by atoms with Gasteiger partial charge in [0, 0.05) is 18.0 Å². The van der Waals surface area contributed by atoms with Gasteiger partial charge < -0.3 is 10.6 Å². The highest BCUT2D eigenvalue weighted by Crippen LogP contribution is 2.44. The van der Waals surface area contributed by atoms with Crippen LogP contribution >= 0.6 is 24.0 Å². The Hall–Kier alpha value is -0.830. The lowest BCUT2D eigenvalue weighted by molar-refractivity contribution is 0.253. The van der Waals surface area contributed by atoms with Gasteiger partial charge in [-0.25, -0.2) is 8.42 Å². The van der Waals surface area contributed by atoms with Gasteiger partial charge in [0.2, 0.25) is 0 Å². The Morgan fingerprint density at radius 2 is 1.86 bits per heavy atom. The topological polar surface area (TPSA) is 70.6 Å². The van der Waals surface area contributed by atoms with E-state index in [2.05, 4.69) is 55.7 Å².